The van der Waals surface area contributed by atoms with Gasteiger partial charge < -0.3 is 15.5 Å². The van der Waals surface area contributed by atoms with Gasteiger partial charge in [0, 0.05) is 17.1 Å². The number of hydrogen-bond donors (Lipinski definition) is 3. The minimum Gasteiger partial charge on any atom is -0.478 e. The highest BCUT2D eigenvalue weighted by Crippen LogP contribution is 2.27. The Kier molecular flexibility index (Phi) is 5.31. The van der Waals surface area contributed by atoms with Gasteiger partial charge >= 0.3 is 5.97 Å². The van der Waals surface area contributed by atoms with Crippen molar-refractivity contribution < 1.29 is 15.0 Å². The molecule has 0 saturated carbocycles. The van der Waals surface area contributed by atoms with E-state index in [1.54, 1.807) is 19.1 Å². The molecule has 94 valence electrons. The van der Waals surface area contributed by atoms with Gasteiger partial charge in [-0.2, -0.15) is 0 Å². The van der Waals surface area contributed by atoms with Crippen molar-refractivity contribution in [2.75, 3.05) is 18.1 Å². The molecule has 5 heteroatoms. The molecule has 1 aromatic rings. The standard InChI is InChI=1S/C12H17NO3S/c1-8(14)6-7-13-9-4-3-5-10(17-2)11(9)12(15)16/h3-5,8,13-14H,6-7H2,1-2H3,(H,15,16). The van der Waals surface area contributed by atoms with Crippen molar-refractivity contribution in [3.8, 4) is 0 Å². The predicted molar refractivity (Wildman–Crippen MR) is 70.0 cm³/mol. The van der Waals surface area contributed by atoms with E-state index in [-0.39, 0.29) is 6.10 Å². The molecule has 0 amide bonds. The number of thioether (sulfide) groups is 1. The number of anilines is 1. The summed E-state index contributed by atoms with van der Waals surface area (Å²) in [6.45, 7) is 2.26. The van der Waals surface area contributed by atoms with Crippen LogP contribution in [0.15, 0.2) is 23.1 Å². The Labute approximate surface area is 105 Å². The summed E-state index contributed by atoms with van der Waals surface area (Å²) in [5.74, 6) is -0.936. The molecule has 3 N–H and O–H groups in total. The van der Waals surface area contributed by atoms with Gasteiger partial charge in [-0.25, -0.2) is 4.79 Å². The van der Waals surface area contributed by atoms with E-state index in [9.17, 15) is 9.90 Å². The second kappa shape index (κ2) is 6.51. The van der Waals surface area contributed by atoms with Gasteiger partial charge in [0.25, 0.3) is 0 Å². The third kappa shape index (κ3) is 3.94. The zero-order valence-corrected chi connectivity index (χ0v) is 10.8. The van der Waals surface area contributed by atoms with Gasteiger partial charge in [-0.1, -0.05) is 6.07 Å². The average molecular weight is 255 g/mol. The third-order valence-electron chi connectivity index (χ3n) is 2.34. The van der Waals surface area contributed by atoms with Crippen molar-refractivity contribution in [3.05, 3.63) is 23.8 Å². The minimum absolute atomic E-state index is 0.297. The van der Waals surface area contributed by atoms with Gasteiger partial charge in [0.05, 0.1) is 11.7 Å². The number of carbonyl (C=O) groups is 1. The summed E-state index contributed by atoms with van der Waals surface area (Å²) in [5.41, 5.74) is 0.899. The molecule has 0 radical (unpaired) electrons. The molecule has 0 heterocycles. The second-order valence-corrected chi connectivity index (χ2v) is 4.60. The van der Waals surface area contributed by atoms with E-state index < -0.39 is 5.97 Å². The molecule has 0 aliphatic rings. The second-order valence-electron chi connectivity index (χ2n) is 3.75. The number of rotatable bonds is 6. The highest BCUT2D eigenvalue weighted by atomic mass is 32.2. The van der Waals surface area contributed by atoms with Crippen LogP contribution in [0, 0.1) is 0 Å². The Hall–Kier alpha value is -1.20. The van der Waals surface area contributed by atoms with Gasteiger partial charge in [-0.05, 0) is 31.7 Å². The number of nitrogens with one attached hydrogen (secondary N) is 1. The highest BCUT2D eigenvalue weighted by Gasteiger charge is 2.14. The first-order chi connectivity index (χ1) is 8.06. The van der Waals surface area contributed by atoms with Gasteiger partial charge in [-0.3, -0.25) is 0 Å². The summed E-state index contributed by atoms with van der Waals surface area (Å²) in [6, 6.07) is 5.35. The fourth-order valence-corrected chi connectivity index (χ4v) is 2.10. The van der Waals surface area contributed by atoms with Gasteiger partial charge in [-0.15, -0.1) is 11.8 Å². The lowest BCUT2D eigenvalue weighted by molar-refractivity contribution is 0.0694. The monoisotopic (exact) mass is 255 g/mol. The highest BCUT2D eigenvalue weighted by molar-refractivity contribution is 7.98. The topological polar surface area (TPSA) is 69.6 Å². The number of hydrogen-bond acceptors (Lipinski definition) is 4. The molecule has 0 aromatic heterocycles. The summed E-state index contributed by atoms with van der Waals surface area (Å²) in [7, 11) is 0. The summed E-state index contributed by atoms with van der Waals surface area (Å²) >= 11 is 1.41. The molecule has 0 saturated heterocycles. The van der Waals surface area contributed by atoms with E-state index in [2.05, 4.69) is 5.32 Å². The van der Waals surface area contributed by atoms with Crippen LogP contribution in [0.1, 0.15) is 23.7 Å². The first-order valence-corrected chi connectivity index (χ1v) is 6.61. The average Bonchev–Trinajstić information content (AvgIpc) is 2.27. The zero-order chi connectivity index (χ0) is 12.8. The van der Waals surface area contributed by atoms with E-state index in [1.807, 2.05) is 12.3 Å². The largest absolute Gasteiger partial charge is 0.478 e. The number of aliphatic hydroxyl groups is 1. The van der Waals surface area contributed by atoms with Crippen molar-refractivity contribution in [2.24, 2.45) is 0 Å². The fraction of sp³-hybridized carbons (Fsp3) is 0.417. The number of aromatic carboxylic acids is 1. The lowest BCUT2D eigenvalue weighted by Gasteiger charge is -2.12. The van der Waals surface area contributed by atoms with Crippen molar-refractivity contribution in [3.63, 3.8) is 0 Å². The molecule has 17 heavy (non-hydrogen) atoms. The molecule has 1 unspecified atom stereocenters. The van der Waals surface area contributed by atoms with Crippen LogP contribution in [0.5, 0.6) is 0 Å². The molecule has 0 aliphatic heterocycles. The molecule has 1 aromatic carbocycles. The first-order valence-electron chi connectivity index (χ1n) is 5.38. The number of aliphatic hydroxyl groups excluding tert-OH is 1. The van der Waals surface area contributed by atoms with Crippen LogP contribution in [0.3, 0.4) is 0 Å². The Bertz CT molecular complexity index is 393. The normalized spacial score (nSPS) is 12.2. The maximum Gasteiger partial charge on any atom is 0.338 e. The lowest BCUT2D eigenvalue weighted by Crippen LogP contribution is -2.12. The van der Waals surface area contributed by atoms with Crippen LogP contribution in [0.2, 0.25) is 0 Å². The summed E-state index contributed by atoms with van der Waals surface area (Å²) in [4.78, 5) is 11.9. The van der Waals surface area contributed by atoms with Gasteiger partial charge in [0.15, 0.2) is 0 Å². The number of carboxylic acids is 1. The molecular weight excluding hydrogens is 238 g/mol. The van der Waals surface area contributed by atoms with Crippen molar-refractivity contribution in [1.82, 2.24) is 0 Å². The SMILES string of the molecule is CSc1cccc(NCCC(C)O)c1C(=O)O. The maximum atomic E-state index is 11.2. The first kappa shape index (κ1) is 13.9. The lowest BCUT2D eigenvalue weighted by atomic mass is 10.1. The van der Waals surface area contributed by atoms with Gasteiger partial charge in [0.1, 0.15) is 0 Å². The fourth-order valence-electron chi connectivity index (χ4n) is 1.48. The third-order valence-corrected chi connectivity index (χ3v) is 3.12. The van der Waals surface area contributed by atoms with Crippen LogP contribution >= 0.6 is 11.8 Å². The Morgan fingerprint density at radius 3 is 2.76 bits per heavy atom. The van der Waals surface area contributed by atoms with Gasteiger partial charge in [0.2, 0.25) is 0 Å². The summed E-state index contributed by atoms with van der Waals surface area (Å²) in [5, 5.41) is 21.4. The van der Waals surface area contributed by atoms with E-state index in [1.165, 1.54) is 11.8 Å². The van der Waals surface area contributed by atoms with E-state index >= 15 is 0 Å². The zero-order valence-electron chi connectivity index (χ0n) is 9.93. The number of carboxylic acid groups (broad SMARTS) is 1. The van der Waals surface area contributed by atoms with Crippen LogP contribution < -0.4 is 5.32 Å². The van der Waals surface area contributed by atoms with Crippen molar-refractivity contribution in [2.45, 2.75) is 24.3 Å². The summed E-state index contributed by atoms with van der Waals surface area (Å²) < 4.78 is 0. The quantitative estimate of drug-likeness (QED) is 0.680. The Morgan fingerprint density at radius 2 is 2.24 bits per heavy atom. The molecule has 4 nitrogen and oxygen atoms in total. The molecular formula is C12H17NO3S. The van der Waals surface area contributed by atoms with E-state index in [4.69, 9.17) is 5.11 Å². The predicted octanol–water partition coefficient (Wildman–Crippen LogP) is 2.29. The van der Waals surface area contributed by atoms with Crippen LogP contribution in [-0.4, -0.2) is 35.1 Å². The van der Waals surface area contributed by atoms with Crippen LogP contribution in [0.4, 0.5) is 5.69 Å². The van der Waals surface area contributed by atoms with E-state index in [0.29, 0.717) is 24.2 Å². The minimum atomic E-state index is -0.936. The van der Waals surface area contributed by atoms with Crippen LogP contribution in [-0.2, 0) is 0 Å². The Balaban J connectivity index is 2.87. The van der Waals surface area contributed by atoms with Crippen LogP contribution in [0.25, 0.3) is 0 Å². The molecule has 0 fully saturated rings. The number of benzene rings is 1. The van der Waals surface area contributed by atoms with E-state index in [0.717, 1.165) is 4.90 Å². The summed E-state index contributed by atoms with van der Waals surface area (Å²) in [6.07, 6.45) is 2.05. The van der Waals surface area contributed by atoms with Crippen molar-refractivity contribution in [1.29, 1.82) is 0 Å². The van der Waals surface area contributed by atoms with Crippen molar-refractivity contribution >= 4 is 23.4 Å². The maximum absolute atomic E-state index is 11.2. The molecule has 1 rings (SSSR count). The molecule has 0 bridgehead atoms. The molecule has 1 atom stereocenters. The Morgan fingerprint density at radius 1 is 1.53 bits per heavy atom. The smallest absolute Gasteiger partial charge is 0.338 e. The molecule has 0 aliphatic carbocycles. The molecule has 0 spiro atoms.